The molecular weight excluding hydrogens is 182 g/mol. The van der Waals surface area contributed by atoms with Crippen molar-refractivity contribution in [3.8, 4) is 0 Å². The number of ketones is 1. The fraction of sp³-hybridized carbons (Fsp3) is 0.800. The highest BCUT2D eigenvalue weighted by molar-refractivity contribution is 5.81. The van der Waals surface area contributed by atoms with Gasteiger partial charge in [0.2, 0.25) is 0 Å². The maximum atomic E-state index is 11.2. The zero-order valence-electron chi connectivity index (χ0n) is 8.16. The number of carboxylic acid groups (broad SMARTS) is 1. The predicted molar refractivity (Wildman–Crippen MR) is 50.1 cm³/mol. The van der Waals surface area contributed by atoms with Gasteiger partial charge in [-0.1, -0.05) is 0 Å². The fourth-order valence-electron chi connectivity index (χ4n) is 2.72. The van der Waals surface area contributed by atoms with Gasteiger partial charge in [-0.2, -0.15) is 0 Å². The molecule has 1 saturated heterocycles. The third-order valence-electron chi connectivity index (χ3n) is 3.44. The Morgan fingerprint density at radius 2 is 2.21 bits per heavy atom. The second-order valence-corrected chi connectivity index (χ2v) is 4.52. The minimum Gasteiger partial charge on any atom is -0.465 e. The molecule has 1 amide bonds. The number of carbonyl (C=O) groups is 2. The molecule has 78 valence electrons. The van der Waals surface area contributed by atoms with Crippen molar-refractivity contribution in [3.63, 3.8) is 0 Å². The summed E-state index contributed by atoms with van der Waals surface area (Å²) in [5, 5.41) is 8.89. The van der Waals surface area contributed by atoms with E-state index in [1.54, 1.807) is 0 Å². The van der Waals surface area contributed by atoms with Gasteiger partial charge < -0.3 is 10.0 Å². The molecule has 0 aromatic carbocycles. The Morgan fingerprint density at radius 3 is 2.79 bits per heavy atom. The lowest BCUT2D eigenvalue weighted by Crippen LogP contribution is -2.44. The second-order valence-electron chi connectivity index (χ2n) is 4.52. The van der Waals surface area contributed by atoms with Crippen LogP contribution in [0.25, 0.3) is 0 Å². The summed E-state index contributed by atoms with van der Waals surface area (Å²) in [5.74, 6) is 0.303. The summed E-state index contributed by atoms with van der Waals surface area (Å²) in [6.45, 7) is 1.19. The molecule has 1 aliphatic carbocycles. The number of Topliss-reactive ketones (excluding diaryl/α,β-unsaturated/α-hetero) is 1. The lowest BCUT2D eigenvalue weighted by Gasteiger charge is -2.38. The Kier molecular flexibility index (Phi) is 2.21. The zero-order chi connectivity index (χ0) is 10.2. The molecule has 1 N–H and O–H groups in total. The van der Waals surface area contributed by atoms with Crippen LogP contribution in [0, 0.1) is 5.41 Å². The Hall–Kier alpha value is -1.06. The molecule has 14 heavy (non-hydrogen) atoms. The smallest absolute Gasteiger partial charge is 0.407 e. The first kappa shape index (κ1) is 9.49. The second kappa shape index (κ2) is 3.26. The summed E-state index contributed by atoms with van der Waals surface area (Å²) in [4.78, 5) is 23.5. The van der Waals surface area contributed by atoms with Crippen molar-refractivity contribution in [3.05, 3.63) is 0 Å². The molecule has 2 rings (SSSR count). The van der Waals surface area contributed by atoms with Gasteiger partial charge in [0.05, 0.1) is 0 Å². The lowest BCUT2D eigenvalue weighted by molar-refractivity contribution is -0.118. The monoisotopic (exact) mass is 197 g/mol. The number of rotatable bonds is 0. The van der Waals surface area contributed by atoms with Crippen LogP contribution < -0.4 is 0 Å². The molecule has 0 aromatic rings. The van der Waals surface area contributed by atoms with E-state index in [0.717, 1.165) is 19.3 Å². The van der Waals surface area contributed by atoms with Crippen molar-refractivity contribution >= 4 is 11.9 Å². The average molecular weight is 197 g/mol. The molecule has 1 heterocycles. The number of hydrogen-bond donors (Lipinski definition) is 1. The number of nitrogens with zero attached hydrogens (tertiary/aromatic N) is 1. The van der Waals surface area contributed by atoms with Crippen LogP contribution in [0.2, 0.25) is 0 Å². The summed E-state index contributed by atoms with van der Waals surface area (Å²) in [6.07, 6.45) is 3.20. The summed E-state index contributed by atoms with van der Waals surface area (Å²) in [7, 11) is 0. The van der Waals surface area contributed by atoms with Crippen LogP contribution in [-0.2, 0) is 4.79 Å². The predicted octanol–water partition coefficient (Wildman–Crippen LogP) is 1.50. The number of carbonyl (C=O) groups excluding carboxylic acids is 1. The number of piperidine rings is 1. The molecule has 1 atom stereocenters. The van der Waals surface area contributed by atoms with Crippen molar-refractivity contribution in [2.45, 2.75) is 32.1 Å². The van der Waals surface area contributed by atoms with Gasteiger partial charge in [0.15, 0.2) is 0 Å². The van der Waals surface area contributed by atoms with E-state index >= 15 is 0 Å². The third-order valence-corrected chi connectivity index (χ3v) is 3.44. The first-order chi connectivity index (χ1) is 6.61. The van der Waals surface area contributed by atoms with Gasteiger partial charge in [0.1, 0.15) is 5.78 Å². The Bertz CT molecular complexity index is 277. The summed E-state index contributed by atoms with van der Waals surface area (Å²) in [6, 6.07) is 0. The van der Waals surface area contributed by atoms with Gasteiger partial charge in [-0.15, -0.1) is 0 Å². The number of hydrogen-bond acceptors (Lipinski definition) is 2. The summed E-state index contributed by atoms with van der Waals surface area (Å²) >= 11 is 0. The topological polar surface area (TPSA) is 57.6 Å². The highest BCUT2D eigenvalue weighted by atomic mass is 16.4. The van der Waals surface area contributed by atoms with Crippen molar-refractivity contribution in [2.75, 3.05) is 13.1 Å². The summed E-state index contributed by atoms with van der Waals surface area (Å²) < 4.78 is 0. The van der Waals surface area contributed by atoms with Crippen molar-refractivity contribution in [2.24, 2.45) is 5.41 Å². The molecule has 2 aliphatic rings. The zero-order valence-corrected chi connectivity index (χ0v) is 8.16. The molecule has 1 saturated carbocycles. The van der Waals surface area contributed by atoms with E-state index in [2.05, 4.69) is 0 Å². The van der Waals surface area contributed by atoms with Crippen LogP contribution in [0.5, 0.6) is 0 Å². The SMILES string of the molecule is O=C1CCC2(CCCN(C(=O)O)C2)C1. The van der Waals surface area contributed by atoms with Crippen molar-refractivity contribution in [1.82, 2.24) is 4.90 Å². The van der Waals surface area contributed by atoms with Crippen LogP contribution in [0.15, 0.2) is 0 Å². The highest BCUT2D eigenvalue weighted by Gasteiger charge is 2.42. The first-order valence-electron chi connectivity index (χ1n) is 5.11. The molecule has 4 nitrogen and oxygen atoms in total. The van der Waals surface area contributed by atoms with Crippen LogP contribution >= 0.6 is 0 Å². The van der Waals surface area contributed by atoms with E-state index in [1.165, 1.54) is 4.90 Å². The molecular formula is C10H15NO3. The Labute approximate surface area is 82.9 Å². The molecule has 0 bridgehead atoms. The van der Waals surface area contributed by atoms with Crippen molar-refractivity contribution in [1.29, 1.82) is 0 Å². The molecule has 2 fully saturated rings. The van der Waals surface area contributed by atoms with E-state index in [9.17, 15) is 9.59 Å². The van der Waals surface area contributed by atoms with E-state index in [4.69, 9.17) is 5.11 Å². The normalized spacial score (nSPS) is 32.6. The standard InChI is InChI=1S/C10H15NO3/c12-8-2-4-10(6-8)3-1-5-11(7-10)9(13)14/h1-7H2,(H,13,14). The van der Waals surface area contributed by atoms with E-state index in [1.807, 2.05) is 0 Å². The highest BCUT2D eigenvalue weighted by Crippen LogP contribution is 2.43. The van der Waals surface area contributed by atoms with Gasteiger partial charge in [0.25, 0.3) is 0 Å². The minimum absolute atomic E-state index is 0.00623. The Morgan fingerprint density at radius 1 is 1.43 bits per heavy atom. The van der Waals surface area contributed by atoms with E-state index < -0.39 is 6.09 Å². The Balaban J connectivity index is 2.06. The van der Waals surface area contributed by atoms with Gasteiger partial charge in [-0.25, -0.2) is 4.79 Å². The number of amides is 1. The van der Waals surface area contributed by atoms with Gasteiger partial charge in [-0.3, -0.25) is 4.79 Å². The van der Waals surface area contributed by atoms with Gasteiger partial charge >= 0.3 is 6.09 Å². The first-order valence-corrected chi connectivity index (χ1v) is 5.11. The largest absolute Gasteiger partial charge is 0.465 e. The molecule has 1 spiro atoms. The molecule has 0 aromatic heterocycles. The van der Waals surface area contributed by atoms with Crippen LogP contribution in [-0.4, -0.2) is 35.0 Å². The van der Waals surface area contributed by atoms with Crippen LogP contribution in [0.1, 0.15) is 32.1 Å². The van der Waals surface area contributed by atoms with Crippen LogP contribution in [0.4, 0.5) is 4.79 Å². The fourth-order valence-corrected chi connectivity index (χ4v) is 2.72. The molecule has 1 aliphatic heterocycles. The van der Waals surface area contributed by atoms with E-state index in [-0.39, 0.29) is 5.41 Å². The molecule has 0 radical (unpaired) electrons. The quantitative estimate of drug-likeness (QED) is 0.640. The van der Waals surface area contributed by atoms with Gasteiger partial charge in [-0.05, 0) is 24.7 Å². The lowest BCUT2D eigenvalue weighted by atomic mass is 9.78. The average Bonchev–Trinajstić information content (AvgIpc) is 2.47. The van der Waals surface area contributed by atoms with E-state index in [0.29, 0.717) is 31.7 Å². The van der Waals surface area contributed by atoms with Gasteiger partial charge in [0, 0.05) is 25.9 Å². The van der Waals surface area contributed by atoms with Crippen molar-refractivity contribution < 1.29 is 14.7 Å². The minimum atomic E-state index is -0.844. The summed E-state index contributed by atoms with van der Waals surface area (Å²) in [5.41, 5.74) is -0.00623. The third kappa shape index (κ3) is 1.61. The number of likely N-dealkylation sites (tertiary alicyclic amines) is 1. The maximum absolute atomic E-state index is 11.2. The maximum Gasteiger partial charge on any atom is 0.407 e. The van der Waals surface area contributed by atoms with Crippen LogP contribution in [0.3, 0.4) is 0 Å². The molecule has 1 unspecified atom stereocenters. The molecule has 4 heteroatoms.